The highest BCUT2D eigenvalue weighted by atomic mass is 79.9. The third kappa shape index (κ3) is 2.83. The molecule has 6 heteroatoms. The van der Waals surface area contributed by atoms with Crippen LogP contribution in [0, 0.1) is 0 Å². The first-order chi connectivity index (χ1) is 8.22. The zero-order valence-electron chi connectivity index (χ0n) is 9.43. The second-order valence-electron chi connectivity index (χ2n) is 3.52. The number of hydrogen-bond acceptors (Lipinski definition) is 4. The number of hydrogen-bond donors (Lipinski definition) is 1. The highest BCUT2D eigenvalue weighted by molar-refractivity contribution is 9.10. The Morgan fingerprint density at radius 2 is 2.29 bits per heavy atom. The van der Waals surface area contributed by atoms with Crippen molar-refractivity contribution in [1.29, 1.82) is 0 Å². The summed E-state index contributed by atoms with van der Waals surface area (Å²) >= 11 is 3.50. The van der Waals surface area contributed by atoms with Gasteiger partial charge in [-0.1, -0.05) is 15.9 Å². The number of nitrogens with two attached hydrogens (primary N) is 1. The number of aromatic nitrogens is 3. The smallest absolute Gasteiger partial charge is 0.164 e. The molecule has 1 heterocycles. The largest absolute Gasteiger partial charge is 0.497 e. The van der Waals surface area contributed by atoms with E-state index in [9.17, 15) is 0 Å². The molecule has 0 bridgehead atoms. The summed E-state index contributed by atoms with van der Waals surface area (Å²) in [5, 5.41) is 4.24. The van der Waals surface area contributed by atoms with Crippen LogP contribution in [-0.4, -0.2) is 21.9 Å². The van der Waals surface area contributed by atoms with Crippen LogP contribution in [0.1, 0.15) is 11.4 Å². The summed E-state index contributed by atoms with van der Waals surface area (Å²) in [4.78, 5) is 4.08. The Bertz CT molecular complexity index is 512. The standard InChI is InChI=1S/C11H13BrN4O/c1-17-9-2-3-10(12)8(4-9)6-16-7-14-11(5-13)15-16/h2-4,7H,5-6,13H2,1H3. The van der Waals surface area contributed by atoms with Crippen molar-refractivity contribution in [1.82, 2.24) is 14.8 Å². The minimum atomic E-state index is 0.353. The molecule has 0 fully saturated rings. The van der Waals surface area contributed by atoms with Gasteiger partial charge in [0.2, 0.25) is 0 Å². The van der Waals surface area contributed by atoms with E-state index in [2.05, 4.69) is 26.0 Å². The molecule has 0 spiro atoms. The maximum Gasteiger partial charge on any atom is 0.164 e. The van der Waals surface area contributed by atoms with Crippen LogP contribution in [0.2, 0.25) is 0 Å². The van der Waals surface area contributed by atoms with E-state index in [0.717, 1.165) is 15.8 Å². The predicted octanol–water partition coefficient (Wildman–Crippen LogP) is 1.56. The van der Waals surface area contributed by atoms with Crippen molar-refractivity contribution < 1.29 is 4.74 Å². The van der Waals surface area contributed by atoms with Gasteiger partial charge in [-0.25, -0.2) is 9.67 Å². The third-order valence-electron chi connectivity index (χ3n) is 2.35. The van der Waals surface area contributed by atoms with Crippen LogP contribution in [0.4, 0.5) is 0 Å². The maximum absolute atomic E-state index is 5.46. The summed E-state index contributed by atoms with van der Waals surface area (Å²) in [6.07, 6.45) is 1.67. The van der Waals surface area contributed by atoms with Gasteiger partial charge in [0.15, 0.2) is 5.82 Å². The second kappa shape index (κ2) is 5.29. The zero-order chi connectivity index (χ0) is 12.3. The second-order valence-corrected chi connectivity index (χ2v) is 4.37. The van der Waals surface area contributed by atoms with E-state index < -0.39 is 0 Å². The molecule has 2 rings (SSSR count). The number of methoxy groups -OCH3 is 1. The monoisotopic (exact) mass is 296 g/mol. The van der Waals surface area contributed by atoms with E-state index in [1.807, 2.05) is 18.2 Å². The fraction of sp³-hybridized carbons (Fsp3) is 0.273. The molecular weight excluding hydrogens is 284 g/mol. The molecule has 0 amide bonds. The molecule has 0 unspecified atom stereocenters. The minimum Gasteiger partial charge on any atom is -0.497 e. The summed E-state index contributed by atoms with van der Waals surface area (Å²) in [6.45, 7) is 0.983. The van der Waals surface area contributed by atoms with Crippen molar-refractivity contribution in [2.24, 2.45) is 5.73 Å². The number of nitrogens with zero attached hydrogens (tertiary/aromatic N) is 3. The third-order valence-corrected chi connectivity index (χ3v) is 3.13. The number of ether oxygens (including phenoxy) is 1. The van der Waals surface area contributed by atoms with Gasteiger partial charge in [0, 0.05) is 4.47 Å². The molecule has 0 atom stereocenters. The average Bonchev–Trinajstić information content (AvgIpc) is 2.80. The first-order valence-electron chi connectivity index (χ1n) is 5.13. The molecule has 0 radical (unpaired) electrons. The lowest BCUT2D eigenvalue weighted by molar-refractivity contribution is 0.414. The first-order valence-corrected chi connectivity index (χ1v) is 5.93. The highest BCUT2D eigenvalue weighted by Gasteiger charge is 2.05. The van der Waals surface area contributed by atoms with E-state index in [-0.39, 0.29) is 0 Å². The van der Waals surface area contributed by atoms with Crippen molar-refractivity contribution in [3.8, 4) is 5.75 Å². The van der Waals surface area contributed by atoms with Gasteiger partial charge in [-0.2, -0.15) is 5.10 Å². The van der Waals surface area contributed by atoms with Gasteiger partial charge < -0.3 is 10.5 Å². The number of halogens is 1. The Morgan fingerprint density at radius 3 is 2.94 bits per heavy atom. The molecule has 1 aromatic heterocycles. The number of benzene rings is 1. The van der Waals surface area contributed by atoms with Gasteiger partial charge in [0.05, 0.1) is 20.2 Å². The molecule has 0 saturated heterocycles. The van der Waals surface area contributed by atoms with Crippen LogP contribution in [-0.2, 0) is 13.1 Å². The van der Waals surface area contributed by atoms with Crippen LogP contribution in [0.15, 0.2) is 29.0 Å². The van der Waals surface area contributed by atoms with Crippen LogP contribution < -0.4 is 10.5 Å². The molecular formula is C11H13BrN4O. The SMILES string of the molecule is COc1ccc(Br)c(Cn2cnc(CN)n2)c1. The van der Waals surface area contributed by atoms with E-state index in [0.29, 0.717) is 18.9 Å². The van der Waals surface area contributed by atoms with Crippen molar-refractivity contribution in [2.75, 3.05) is 7.11 Å². The molecule has 1 aromatic carbocycles. The van der Waals surface area contributed by atoms with Gasteiger partial charge in [-0.05, 0) is 23.8 Å². The molecule has 17 heavy (non-hydrogen) atoms. The first kappa shape index (κ1) is 12.1. The molecule has 2 aromatic rings. The Morgan fingerprint density at radius 1 is 1.47 bits per heavy atom. The summed E-state index contributed by atoms with van der Waals surface area (Å²) in [5.74, 6) is 1.46. The quantitative estimate of drug-likeness (QED) is 0.930. The van der Waals surface area contributed by atoms with Gasteiger partial charge in [-0.3, -0.25) is 0 Å². The molecule has 0 aliphatic heterocycles. The van der Waals surface area contributed by atoms with E-state index in [1.54, 1.807) is 18.1 Å². The lowest BCUT2D eigenvalue weighted by atomic mass is 10.2. The predicted molar refractivity (Wildman–Crippen MR) is 67.7 cm³/mol. The van der Waals surface area contributed by atoms with E-state index >= 15 is 0 Å². The molecule has 5 nitrogen and oxygen atoms in total. The molecule has 2 N–H and O–H groups in total. The molecule has 0 saturated carbocycles. The number of rotatable bonds is 4. The van der Waals surface area contributed by atoms with Crippen LogP contribution in [0.25, 0.3) is 0 Å². The van der Waals surface area contributed by atoms with Crippen molar-refractivity contribution >= 4 is 15.9 Å². The minimum absolute atomic E-state index is 0.353. The zero-order valence-corrected chi connectivity index (χ0v) is 11.0. The van der Waals surface area contributed by atoms with Gasteiger partial charge in [0.1, 0.15) is 12.1 Å². The molecule has 0 aliphatic carbocycles. The van der Waals surface area contributed by atoms with Crippen molar-refractivity contribution in [3.05, 3.63) is 40.4 Å². The lowest BCUT2D eigenvalue weighted by Gasteiger charge is -2.07. The Labute approximate surface area is 108 Å². The van der Waals surface area contributed by atoms with Crippen molar-refractivity contribution in [2.45, 2.75) is 13.1 Å². The highest BCUT2D eigenvalue weighted by Crippen LogP contribution is 2.23. The Hall–Kier alpha value is -1.40. The summed E-state index contributed by atoms with van der Waals surface area (Å²) in [5.41, 5.74) is 6.55. The van der Waals surface area contributed by atoms with Crippen molar-refractivity contribution in [3.63, 3.8) is 0 Å². The van der Waals surface area contributed by atoms with Gasteiger partial charge in [0.25, 0.3) is 0 Å². The lowest BCUT2D eigenvalue weighted by Crippen LogP contribution is -2.04. The maximum atomic E-state index is 5.46. The summed E-state index contributed by atoms with van der Waals surface area (Å²) < 4.78 is 7.96. The van der Waals surface area contributed by atoms with E-state index in [1.165, 1.54) is 0 Å². The Balaban J connectivity index is 2.22. The van der Waals surface area contributed by atoms with Crippen LogP contribution in [0.3, 0.4) is 0 Å². The van der Waals surface area contributed by atoms with Crippen LogP contribution in [0.5, 0.6) is 5.75 Å². The average molecular weight is 297 g/mol. The summed E-state index contributed by atoms with van der Waals surface area (Å²) in [6, 6.07) is 5.82. The fourth-order valence-electron chi connectivity index (χ4n) is 1.48. The van der Waals surface area contributed by atoms with Gasteiger partial charge >= 0.3 is 0 Å². The van der Waals surface area contributed by atoms with Gasteiger partial charge in [-0.15, -0.1) is 0 Å². The summed E-state index contributed by atoms with van der Waals surface area (Å²) in [7, 11) is 1.65. The fourth-order valence-corrected chi connectivity index (χ4v) is 1.85. The topological polar surface area (TPSA) is 66.0 Å². The Kier molecular flexibility index (Phi) is 3.75. The molecule has 90 valence electrons. The molecule has 0 aliphatic rings. The normalized spacial score (nSPS) is 10.5. The van der Waals surface area contributed by atoms with E-state index in [4.69, 9.17) is 10.5 Å². The van der Waals surface area contributed by atoms with Crippen LogP contribution >= 0.6 is 15.9 Å².